The highest BCUT2D eigenvalue weighted by molar-refractivity contribution is 7.17. The Balaban J connectivity index is 1.62. The van der Waals surface area contributed by atoms with Gasteiger partial charge in [-0.15, -0.1) is 11.3 Å². The van der Waals surface area contributed by atoms with Crippen LogP contribution in [0.4, 0.5) is 5.69 Å². The molecule has 2 aromatic heterocycles. The topological polar surface area (TPSA) is 46.9 Å². The van der Waals surface area contributed by atoms with Gasteiger partial charge in [0.05, 0.1) is 20.8 Å². The van der Waals surface area contributed by atoms with Crippen LogP contribution in [0.5, 0.6) is 0 Å². The molecular weight excluding hydrogens is 366 g/mol. The first kappa shape index (κ1) is 16.8. The summed E-state index contributed by atoms with van der Waals surface area (Å²) in [5, 5.41) is 3.60. The minimum Gasteiger partial charge on any atom is -0.326 e. The van der Waals surface area contributed by atoms with Crippen LogP contribution < -0.4 is 5.32 Å². The lowest BCUT2D eigenvalue weighted by molar-refractivity contribution is 0.103. The molecule has 0 aliphatic carbocycles. The van der Waals surface area contributed by atoms with E-state index in [0.717, 1.165) is 33.0 Å². The monoisotopic (exact) mass is 381 g/mol. The summed E-state index contributed by atoms with van der Waals surface area (Å²) in [5.41, 5.74) is 3.70. The number of para-hydroxylation sites is 2. The van der Waals surface area contributed by atoms with E-state index in [-0.39, 0.29) is 5.91 Å². The smallest absolute Gasteiger partial charge is 0.265 e. The summed E-state index contributed by atoms with van der Waals surface area (Å²) < 4.78 is 2.05. The third kappa shape index (κ3) is 3.00. The van der Waals surface area contributed by atoms with Crippen LogP contribution in [0.25, 0.3) is 21.7 Å². The van der Waals surface area contributed by atoms with Gasteiger partial charge < -0.3 is 9.88 Å². The zero-order valence-electron chi connectivity index (χ0n) is 14.3. The van der Waals surface area contributed by atoms with Crippen molar-refractivity contribution >= 4 is 45.6 Å². The van der Waals surface area contributed by atoms with Crippen molar-refractivity contribution in [2.24, 2.45) is 7.05 Å². The lowest BCUT2D eigenvalue weighted by Crippen LogP contribution is -2.10. The molecule has 0 bridgehead atoms. The molecule has 2 heterocycles. The van der Waals surface area contributed by atoms with Gasteiger partial charge >= 0.3 is 0 Å². The van der Waals surface area contributed by atoms with Crippen LogP contribution in [-0.4, -0.2) is 15.5 Å². The van der Waals surface area contributed by atoms with E-state index < -0.39 is 0 Å². The molecule has 4 aromatic rings. The van der Waals surface area contributed by atoms with E-state index in [1.54, 1.807) is 6.07 Å². The molecule has 4 nitrogen and oxygen atoms in total. The quantitative estimate of drug-likeness (QED) is 0.508. The molecule has 130 valence electrons. The van der Waals surface area contributed by atoms with E-state index in [0.29, 0.717) is 9.90 Å². The third-order valence-electron chi connectivity index (χ3n) is 4.27. The normalized spacial score (nSPS) is 11.0. The fourth-order valence-electron chi connectivity index (χ4n) is 2.90. The van der Waals surface area contributed by atoms with E-state index in [4.69, 9.17) is 11.6 Å². The number of carbonyl (C=O) groups excluding carboxylic acids is 1. The van der Waals surface area contributed by atoms with Crippen molar-refractivity contribution in [3.63, 3.8) is 0 Å². The first-order chi connectivity index (χ1) is 12.5. The van der Waals surface area contributed by atoms with E-state index in [2.05, 4.69) is 10.3 Å². The predicted molar refractivity (Wildman–Crippen MR) is 108 cm³/mol. The summed E-state index contributed by atoms with van der Waals surface area (Å²) in [6.45, 7) is 1.92. The number of anilines is 1. The Bertz CT molecular complexity index is 1130. The molecule has 0 unspecified atom stereocenters. The van der Waals surface area contributed by atoms with Gasteiger partial charge in [-0.05, 0) is 55.0 Å². The second kappa shape index (κ2) is 6.59. The number of imidazole rings is 1. The van der Waals surface area contributed by atoms with Gasteiger partial charge in [0.25, 0.3) is 5.91 Å². The van der Waals surface area contributed by atoms with Crippen LogP contribution in [0.2, 0.25) is 5.02 Å². The predicted octanol–water partition coefficient (Wildman–Crippen LogP) is 5.52. The molecule has 1 amide bonds. The van der Waals surface area contributed by atoms with E-state index in [9.17, 15) is 4.79 Å². The van der Waals surface area contributed by atoms with Crippen molar-refractivity contribution in [1.29, 1.82) is 0 Å². The average Bonchev–Trinajstić information content (AvgIpc) is 3.23. The standard InChI is InChI=1S/C20H16ClN3OS/c1-12-11-13(21)7-8-14(12)23-20(25)18-10-9-17(26-18)19-22-15-5-3-4-6-16(15)24(19)2/h3-11H,1-2H3,(H,23,25). The van der Waals surface area contributed by atoms with Crippen molar-refractivity contribution < 1.29 is 4.79 Å². The zero-order valence-corrected chi connectivity index (χ0v) is 15.9. The van der Waals surface area contributed by atoms with Crippen molar-refractivity contribution in [3.8, 4) is 10.7 Å². The number of carbonyl (C=O) groups is 1. The lowest BCUT2D eigenvalue weighted by atomic mass is 10.2. The highest BCUT2D eigenvalue weighted by Gasteiger charge is 2.15. The first-order valence-electron chi connectivity index (χ1n) is 8.12. The van der Waals surface area contributed by atoms with Crippen molar-refractivity contribution in [2.45, 2.75) is 6.92 Å². The third-order valence-corrected chi connectivity index (χ3v) is 5.59. The fourth-order valence-corrected chi connectivity index (χ4v) is 4.05. The Morgan fingerprint density at radius 2 is 1.96 bits per heavy atom. The SMILES string of the molecule is Cc1cc(Cl)ccc1NC(=O)c1ccc(-c2nc3ccccc3n2C)s1. The molecule has 26 heavy (non-hydrogen) atoms. The fraction of sp³-hybridized carbons (Fsp3) is 0.100. The van der Waals surface area contributed by atoms with Gasteiger partial charge in [-0.25, -0.2) is 4.98 Å². The Morgan fingerprint density at radius 1 is 1.15 bits per heavy atom. The number of nitrogens with one attached hydrogen (secondary N) is 1. The molecule has 2 aromatic carbocycles. The van der Waals surface area contributed by atoms with Crippen LogP contribution >= 0.6 is 22.9 Å². The maximum absolute atomic E-state index is 12.6. The summed E-state index contributed by atoms with van der Waals surface area (Å²) in [6, 6.07) is 17.2. The average molecular weight is 382 g/mol. The molecule has 0 radical (unpaired) electrons. The number of halogens is 1. The molecule has 0 saturated carbocycles. The minimum absolute atomic E-state index is 0.134. The van der Waals surface area contributed by atoms with E-state index in [1.807, 2.05) is 67.1 Å². The Hall–Kier alpha value is -2.63. The van der Waals surface area contributed by atoms with Gasteiger partial charge in [-0.1, -0.05) is 23.7 Å². The molecule has 6 heteroatoms. The number of nitrogens with zero attached hydrogens (tertiary/aromatic N) is 2. The maximum atomic E-state index is 12.6. The summed E-state index contributed by atoms with van der Waals surface area (Å²) in [6.07, 6.45) is 0. The summed E-state index contributed by atoms with van der Waals surface area (Å²) >= 11 is 7.40. The van der Waals surface area contributed by atoms with Crippen molar-refractivity contribution in [2.75, 3.05) is 5.32 Å². The second-order valence-corrected chi connectivity index (χ2v) is 7.58. The first-order valence-corrected chi connectivity index (χ1v) is 9.31. The number of hydrogen-bond donors (Lipinski definition) is 1. The number of thiophene rings is 1. The number of amides is 1. The zero-order chi connectivity index (χ0) is 18.3. The Morgan fingerprint density at radius 3 is 2.73 bits per heavy atom. The molecule has 0 aliphatic rings. The maximum Gasteiger partial charge on any atom is 0.265 e. The van der Waals surface area contributed by atoms with Crippen LogP contribution in [0.3, 0.4) is 0 Å². The molecule has 0 aliphatic heterocycles. The van der Waals surface area contributed by atoms with Crippen LogP contribution in [0, 0.1) is 6.92 Å². The van der Waals surface area contributed by atoms with Gasteiger partial charge in [0, 0.05) is 17.8 Å². The number of aryl methyl sites for hydroxylation is 2. The number of benzene rings is 2. The highest BCUT2D eigenvalue weighted by atomic mass is 35.5. The van der Waals surface area contributed by atoms with Gasteiger partial charge in [0.15, 0.2) is 5.82 Å². The van der Waals surface area contributed by atoms with Crippen molar-refractivity contribution in [3.05, 3.63) is 70.1 Å². The molecule has 1 N–H and O–H groups in total. The van der Waals surface area contributed by atoms with Crippen molar-refractivity contribution in [1.82, 2.24) is 9.55 Å². The summed E-state index contributed by atoms with van der Waals surface area (Å²) in [5.74, 6) is 0.725. The molecule has 0 saturated heterocycles. The highest BCUT2D eigenvalue weighted by Crippen LogP contribution is 2.30. The number of hydrogen-bond acceptors (Lipinski definition) is 3. The second-order valence-electron chi connectivity index (χ2n) is 6.06. The van der Waals surface area contributed by atoms with Gasteiger partial charge in [0.1, 0.15) is 0 Å². The van der Waals surface area contributed by atoms with E-state index >= 15 is 0 Å². The molecule has 0 fully saturated rings. The van der Waals surface area contributed by atoms with Gasteiger partial charge in [0.2, 0.25) is 0 Å². The minimum atomic E-state index is -0.134. The van der Waals surface area contributed by atoms with Crippen LogP contribution in [0.15, 0.2) is 54.6 Å². The Labute approximate surface area is 160 Å². The molecular formula is C20H16ClN3OS. The van der Waals surface area contributed by atoms with Crippen LogP contribution in [0.1, 0.15) is 15.2 Å². The molecule has 0 spiro atoms. The summed E-state index contributed by atoms with van der Waals surface area (Å²) in [4.78, 5) is 18.9. The van der Waals surface area contributed by atoms with Crippen LogP contribution in [-0.2, 0) is 7.05 Å². The summed E-state index contributed by atoms with van der Waals surface area (Å²) in [7, 11) is 1.99. The Kier molecular flexibility index (Phi) is 4.26. The lowest BCUT2D eigenvalue weighted by Gasteiger charge is -2.07. The van der Waals surface area contributed by atoms with Gasteiger partial charge in [-0.3, -0.25) is 4.79 Å². The number of fused-ring (bicyclic) bond motifs is 1. The van der Waals surface area contributed by atoms with Gasteiger partial charge in [-0.2, -0.15) is 0 Å². The number of rotatable bonds is 3. The van der Waals surface area contributed by atoms with E-state index in [1.165, 1.54) is 11.3 Å². The number of aromatic nitrogens is 2. The molecule has 4 rings (SSSR count). The molecule has 0 atom stereocenters. The largest absolute Gasteiger partial charge is 0.326 e.